The number of carboxylic acid groups (broad SMARTS) is 1. The summed E-state index contributed by atoms with van der Waals surface area (Å²) in [4.78, 5) is 24.5. The van der Waals surface area contributed by atoms with Gasteiger partial charge in [-0.3, -0.25) is 9.59 Å². The molecular weight excluding hydrogens is 366 g/mol. The molecule has 2 atom stereocenters. The van der Waals surface area contributed by atoms with Gasteiger partial charge in [0.15, 0.2) is 0 Å². The van der Waals surface area contributed by atoms with Crippen LogP contribution in [0.5, 0.6) is 0 Å². The fraction of sp³-hybridized carbons (Fsp3) is 0.435. The summed E-state index contributed by atoms with van der Waals surface area (Å²) in [6, 6.07) is 7.88. The summed E-state index contributed by atoms with van der Waals surface area (Å²) >= 11 is 0. The zero-order valence-corrected chi connectivity index (χ0v) is 17.0. The van der Waals surface area contributed by atoms with Crippen LogP contribution in [0.2, 0.25) is 0 Å². The molecule has 1 aliphatic heterocycles. The van der Waals surface area contributed by atoms with Crippen molar-refractivity contribution in [2.75, 3.05) is 6.54 Å². The van der Waals surface area contributed by atoms with Gasteiger partial charge in [0, 0.05) is 34.6 Å². The van der Waals surface area contributed by atoms with E-state index >= 15 is 0 Å². The summed E-state index contributed by atoms with van der Waals surface area (Å²) < 4.78 is 1.84. The molecule has 152 valence electrons. The second kappa shape index (κ2) is 7.85. The molecule has 1 N–H and O–H groups in total. The number of fused-ring (bicyclic) bond motifs is 2. The van der Waals surface area contributed by atoms with Gasteiger partial charge >= 0.3 is 5.97 Å². The average Bonchev–Trinajstić information content (AvgIpc) is 2.99. The van der Waals surface area contributed by atoms with Crippen molar-refractivity contribution in [3.05, 3.63) is 47.7 Å². The van der Waals surface area contributed by atoms with Crippen LogP contribution in [0.1, 0.15) is 43.9 Å². The third-order valence-corrected chi connectivity index (χ3v) is 6.09. The minimum absolute atomic E-state index is 0.0353. The van der Waals surface area contributed by atoms with Gasteiger partial charge in [-0.05, 0) is 32.3 Å². The SMILES string of the molecule is CCCCN1N=C(c2c(C)n(CC(=O)O)c3ccccc23)C2CC=CCC2C1=O. The molecular formula is C23H27N3O3. The van der Waals surface area contributed by atoms with E-state index in [9.17, 15) is 14.7 Å². The van der Waals surface area contributed by atoms with Gasteiger partial charge in [0.25, 0.3) is 0 Å². The number of nitrogens with zero attached hydrogens (tertiary/aromatic N) is 3. The Morgan fingerprint density at radius 2 is 1.93 bits per heavy atom. The summed E-state index contributed by atoms with van der Waals surface area (Å²) in [6.45, 7) is 4.60. The van der Waals surface area contributed by atoms with Gasteiger partial charge < -0.3 is 9.67 Å². The minimum atomic E-state index is -0.871. The predicted octanol–water partition coefficient (Wildman–Crippen LogP) is 3.96. The van der Waals surface area contributed by atoms with Crippen LogP contribution in [0.3, 0.4) is 0 Å². The first-order chi connectivity index (χ1) is 14.0. The zero-order valence-electron chi connectivity index (χ0n) is 17.0. The summed E-state index contributed by atoms with van der Waals surface area (Å²) in [7, 11) is 0. The van der Waals surface area contributed by atoms with Crippen LogP contribution in [0.4, 0.5) is 0 Å². The Morgan fingerprint density at radius 3 is 2.66 bits per heavy atom. The molecule has 2 unspecified atom stereocenters. The van der Waals surface area contributed by atoms with Crippen LogP contribution in [-0.4, -0.2) is 38.8 Å². The second-order valence-corrected chi connectivity index (χ2v) is 7.91. The molecule has 0 saturated carbocycles. The first-order valence-electron chi connectivity index (χ1n) is 10.4. The van der Waals surface area contributed by atoms with Crippen molar-refractivity contribution in [3.8, 4) is 0 Å². The van der Waals surface area contributed by atoms with E-state index in [0.717, 1.165) is 53.6 Å². The van der Waals surface area contributed by atoms with Crippen LogP contribution in [0.15, 0.2) is 41.5 Å². The third kappa shape index (κ3) is 3.37. The number of unbranched alkanes of at least 4 members (excludes halogenated alkanes) is 1. The fourth-order valence-electron chi connectivity index (χ4n) is 4.63. The maximum atomic E-state index is 13.0. The van der Waals surface area contributed by atoms with Crippen molar-refractivity contribution >= 4 is 28.5 Å². The van der Waals surface area contributed by atoms with E-state index in [1.54, 1.807) is 5.01 Å². The lowest BCUT2D eigenvalue weighted by Gasteiger charge is -2.37. The predicted molar refractivity (Wildman–Crippen MR) is 113 cm³/mol. The van der Waals surface area contributed by atoms with E-state index in [-0.39, 0.29) is 24.3 Å². The van der Waals surface area contributed by atoms with Gasteiger partial charge in [0.05, 0.1) is 11.6 Å². The van der Waals surface area contributed by atoms with Crippen molar-refractivity contribution in [2.24, 2.45) is 16.9 Å². The van der Waals surface area contributed by atoms with Gasteiger partial charge in [-0.15, -0.1) is 0 Å². The van der Waals surface area contributed by atoms with Crippen molar-refractivity contribution in [3.63, 3.8) is 0 Å². The number of para-hydroxylation sites is 1. The number of allylic oxidation sites excluding steroid dienone is 2. The van der Waals surface area contributed by atoms with Crippen LogP contribution >= 0.6 is 0 Å². The van der Waals surface area contributed by atoms with Crippen LogP contribution in [0, 0.1) is 18.8 Å². The summed E-state index contributed by atoms with van der Waals surface area (Å²) in [5.74, 6) is -0.814. The Morgan fingerprint density at radius 1 is 1.21 bits per heavy atom. The number of aromatic nitrogens is 1. The number of aliphatic carboxylic acids is 1. The normalized spacial score (nSPS) is 21.4. The lowest BCUT2D eigenvalue weighted by atomic mass is 9.76. The van der Waals surface area contributed by atoms with Crippen molar-refractivity contribution in [2.45, 2.75) is 46.1 Å². The van der Waals surface area contributed by atoms with Crippen molar-refractivity contribution in [1.82, 2.24) is 9.58 Å². The van der Waals surface area contributed by atoms with E-state index in [0.29, 0.717) is 6.54 Å². The Labute approximate surface area is 170 Å². The number of carbonyl (C=O) groups excluding carboxylic acids is 1. The Balaban J connectivity index is 1.90. The van der Waals surface area contributed by atoms with E-state index in [4.69, 9.17) is 5.10 Å². The molecule has 2 aliphatic rings. The van der Waals surface area contributed by atoms with Crippen molar-refractivity contribution < 1.29 is 14.7 Å². The van der Waals surface area contributed by atoms with E-state index < -0.39 is 5.97 Å². The van der Waals surface area contributed by atoms with Gasteiger partial charge in [0.2, 0.25) is 5.91 Å². The van der Waals surface area contributed by atoms with Crippen molar-refractivity contribution in [1.29, 1.82) is 0 Å². The minimum Gasteiger partial charge on any atom is -0.480 e. The molecule has 0 bridgehead atoms. The molecule has 1 aliphatic carbocycles. The smallest absolute Gasteiger partial charge is 0.323 e. The highest BCUT2D eigenvalue weighted by Crippen LogP contribution is 2.38. The van der Waals surface area contributed by atoms with Gasteiger partial charge in [0.1, 0.15) is 6.54 Å². The maximum absolute atomic E-state index is 13.0. The Kier molecular flexibility index (Phi) is 5.26. The highest BCUT2D eigenvalue weighted by atomic mass is 16.4. The summed E-state index contributed by atoms with van der Waals surface area (Å²) in [6.07, 6.45) is 7.67. The molecule has 29 heavy (non-hydrogen) atoms. The van der Waals surface area contributed by atoms with Gasteiger partial charge in [-0.25, -0.2) is 5.01 Å². The topological polar surface area (TPSA) is 74.9 Å². The van der Waals surface area contributed by atoms with E-state index in [1.807, 2.05) is 35.8 Å². The molecule has 2 aromatic rings. The molecule has 2 heterocycles. The average molecular weight is 393 g/mol. The standard InChI is InChI=1S/C23H27N3O3/c1-3-4-13-26-23(29)17-10-6-5-9-16(17)22(24-26)21-15(2)25(14-20(27)28)19-12-8-7-11-18(19)21/h5-8,11-12,16-17H,3-4,9-10,13-14H2,1-2H3,(H,27,28). The number of carboxylic acids is 1. The molecule has 6 nitrogen and oxygen atoms in total. The number of benzene rings is 1. The molecule has 6 heteroatoms. The largest absolute Gasteiger partial charge is 0.480 e. The molecule has 0 fully saturated rings. The summed E-state index contributed by atoms with van der Waals surface area (Å²) in [5, 5.41) is 16.9. The summed E-state index contributed by atoms with van der Waals surface area (Å²) in [5.41, 5.74) is 3.70. The number of carbonyl (C=O) groups is 2. The lowest BCUT2D eigenvalue weighted by molar-refractivity contribution is -0.138. The monoisotopic (exact) mass is 393 g/mol. The first-order valence-corrected chi connectivity index (χ1v) is 10.4. The molecule has 0 spiro atoms. The van der Waals surface area contributed by atoms with Gasteiger partial charge in [-0.1, -0.05) is 43.7 Å². The molecule has 4 rings (SSSR count). The fourth-order valence-corrected chi connectivity index (χ4v) is 4.63. The molecule has 0 saturated heterocycles. The highest BCUT2D eigenvalue weighted by molar-refractivity contribution is 6.15. The molecule has 1 aromatic heterocycles. The molecule has 1 amide bonds. The highest BCUT2D eigenvalue weighted by Gasteiger charge is 2.41. The number of hydrazone groups is 1. The van der Waals surface area contributed by atoms with Crippen LogP contribution < -0.4 is 0 Å². The lowest BCUT2D eigenvalue weighted by Crippen LogP contribution is -2.45. The first kappa shape index (κ1) is 19.4. The molecule has 0 radical (unpaired) electrons. The zero-order chi connectivity index (χ0) is 20.5. The van der Waals surface area contributed by atoms with Crippen LogP contribution in [-0.2, 0) is 16.1 Å². The van der Waals surface area contributed by atoms with Crippen LogP contribution in [0.25, 0.3) is 10.9 Å². The quantitative estimate of drug-likeness (QED) is 0.755. The maximum Gasteiger partial charge on any atom is 0.323 e. The third-order valence-electron chi connectivity index (χ3n) is 6.09. The number of rotatable bonds is 6. The Hall–Kier alpha value is -2.89. The van der Waals surface area contributed by atoms with Gasteiger partial charge in [-0.2, -0.15) is 5.10 Å². The van der Waals surface area contributed by atoms with E-state index in [2.05, 4.69) is 19.1 Å². The second-order valence-electron chi connectivity index (χ2n) is 7.91. The number of amides is 1. The number of hydrogen-bond donors (Lipinski definition) is 1. The number of hydrogen-bond acceptors (Lipinski definition) is 3. The van der Waals surface area contributed by atoms with E-state index in [1.165, 1.54) is 0 Å². The Bertz CT molecular complexity index is 1020. The molecule has 1 aromatic carbocycles.